The van der Waals surface area contributed by atoms with Crippen LogP contribution >= 0.6 is 11.8 Å². The molecule has 1 N–H and O–H groups in total. The molecule has 0 saturated heterocycles. The summed E-state index contributed by atoms with van der Waals surface area (Å²) in [5, 5.41) is 4.14. The topological polar surface area (TPSA) is 21.3 Å². The molecule has 0 spiro atoms. The van der Waals surface area contributed by atoms with Crippen molar-refractivity contribution in [2.45, 2.75) is 23.0 Å². The lowest BCUT2D eigenvalue weighted by Crippen LogP contribution is -2.14. The fraction of sp³-hybridized carbons (Fsp3) is 0.294. The zero-order chi connectivity index (χ0) is 13.8. The number of hydrogen-bond acceptors (Lipinski definition) is 3. The molecule has 2 aromatic carbocycles. The molecule has 3 rings (SSSR count). The molecule has 20 heavy (non-hydrogen) atoms. The number of thioether (sulfide) groups is 1. The van der Waals surface area contributed by atoms with Gasteiger partial charge in [0.1, 0.15) is 5.75 Å². The lowest BCUT2D eigenvalue weighted by molar-refractivity contribution is 0.404. The van der Waals surface area contributed by atoms with Gasteiger partial charge in [-0.05, 0) is 36.6 Å². The van der Waals surface area contributed by atoms with E-state index in [4.69, 9.17) is 4.74 Å². The molecule has 0 aliphatic carbocycles. The van der Waals surface area contributed by atoms with Gasteiger partial charge in [0.2, 0.25) is 0 Å². The minimum Gasteiger partial charge on any atom is -0.496 e. The van der Waals surface area contributed by atoms with Crippen molar-refractivity contribution < 1.29 is 4.74 Å². The first-order valence-electron chi connectivity index (χ1n) is 6.98. The second-order valence-electron chi connectivity index (χ2n) is 4.97. The van der Waals surface area contributed by atoms with E-state index in [1.54, 1.807) is 7.11 Å². The predicted molar refractivity (Wildman–Crippen MR) is 85.9 cm³/mol. The Bertz CT molecular complexity index is 558. The third-order valence-electron chi connectivity index (χ3n) is 3.64. The van der Waals surface area contributed by atoms with Gasteiger partial charge < -0.3 is 10.1 Å². The zero-order valence-electron chi connectivity index (χ0n) is 11.6. The summed E-state index contributed by atoms with van der Waals surface area (Å²) in [6.07, 6.45) is 2.32. The van der Waals surface area contributed by atoms with Gasteiger partial charge >= 0.3 is 0 Å². The maximum absolute atomic E-state index is 5.44. The van der Waals surface area contributed by atoms with Gasteiger partial charge in [0.15, 0.2) is 0 Å². The number of para-hydroxylation sites is 2. The van der Waals surface area contributed by atoms with Gasteiger partial charge in [0.25, 0.3) is 0 Å². The second kappa shape index (κ2) is 6.23. The molecule has 0 aromatic heterocycles. The molecule has 0 bridgehead atoms. The summed E-state index contributed by atoms with van der Waals surface area (Å²) in [6, 6.07) is 16.9. The van der Waals surface area contributed by atoms with Crippen molar-refractivity contribution in [3.63, 3.8) is 0 Å². The highest BCUT2D eigenvalue weighted by Crippen LogP contribution is 2.35. The average molecular weight is 285 g/mol. The molecule has 0 radical (unpaired) electrons. The van der Waals surface area contributed by atoms with Crippen LogP contribution in [0, 0.1) is 0 Å². The lowest BCUT2D eigenvalue weighted by atomic mass is 10.1. The number of nitrogens with one attached hydrogen (secondary N) is 1. The molecule has 3 heteroatoms. The van der Waals surface area contributed by atoms with Crippen molar-refractivity contribution in [2.75, 3.05) is 19.0 Å². The highest BCUT2D eigenvalue weighted by Gasteiger charge is 2.17. The SMILES string of the molecule is COc1ccccc1SC1CCc2ccccc2NC1. The number of rotatable bonds is 3. The van der Waals surface area contributed by atoms with Crippen LogP contribution in [0.2, 0.25) is 0 Å². The third kappa shape index (κ3) is 2.93. The average Bonchev–Trinajstić information content (AvgIpc) is 2.71. The van der Waals surface area contributed by atoms with E-state index in [0.29, 0.717) is 5.25 Å². The Kier molecular flexibility index (Phi) is 4.16. The van der Waals surface area contributed by atoms with E-state index in [2.05, 4.69) is 41.7 Å². The highest BCUT2D eigenvalue weighted by molar-refractivity contribution is 8.00. The van der Waals surface area contributed by atoms with Crippen molar-refractivity contribution in [1.82, 2.24) is 0 Å². The van der Waals surface area contributed by atoms with Crippen LogP contribution in [0.15, 0.2) is 53.4 Å². The lowest BCUT2D eigenvalue weighted by Gasteiger charge is -2.16. The monoisotopic (exact) mass is 285 g/mol. The Morgan fingerprint density at radius 3 is 2.80 bits per heavy atom. The molecule has 104 valence electrons. The Morgan fingerprint density at radius 1 is 1.10 bits per heavy atom. The Labute approximate surface area is 124 Å². The van der Waals surface area contributed by atoms with Crippen LogP contribution in [0.4, 0.5) is 5.69 Å². The van der Waals surface area contributed by atoms with E-state index >= 15 is 0 Å². The molecule has 1 atom stereocenters. The van der Waals surface area contributed by atoms with Crippen LogP contribution in [0.3, 0.4) is 0 Å². The van der Waals surface area contributed by atoms with Crippen LogP contribution in [0.5, 0.6) is 5.75 Å². The van der Waals surface area contributed by atoms with Crippen molar-refractivity contribution in [3.8, 4) is 5.75 Å². The summed E-state index contributed by atoms with van der Waals surface area (Å²) in [4.78, 5) is 1.23. The molecular formula is C17H19NOS. The number of methoxy groups -OCH3 is 1. The quantitative estimate of drug-likeness (QED) is 0.912. The molecule has 0 saturated carbocycles. The molecule has 1 aliphatic rings. The fourth-order valence-corrected chi connectivity index (χ4v) is 3.74. The van der Waals surface area contributed by atoms with Gasteiger partial charge in [-0.15, -0.1) is 11.8 Å². The Morgan fingerprint density at radius 2 is 1.90 bits per heavy atom. The molecule has 1 unspecified atom stereocenters. The van der Waals surface area contributed by atoms with Gasteiger partial charge in [-0.1, -0.05) is 30.3 Å². The van der Waals surface area contributed by atoms with Crippen molar-refractivity contribution >= 4 is 17.4 Å². The van der Waals surface area contributed by atoms with Crippen molar-refractivity contribution in [1.29, 1.82) is 0 Å². The minimum atomic E-state index is 0.568. The number of benzene rings is 2. The smallest absolute Gasteiger partial charge is 0.132 e. The van der Waals surface area contributed by atoms with Crippen LogP contribution in [-0.2, 0) is 6.42 Å². The molecule has 1 aliphatic heterocycles. The fourth-order valence-electron chi connectivity index (χ4n) is 2.55. The van der Waals surface area contributed by atoms with Gasteiger partial charge in [0.05, 0.1) is 7.11 Å². The number of anilines is 1. The van der Waals surface area contributed by atoms with Crippen LogP contribution in [0.25, 0.3) is 0 Å². The molecule has 2 aromatic rings. The normalized spacial score (nSPS) is 17.8. The Balaban J connectivity index is 1.71. The highest BCUT2D eigenvalue weighted by atomic mass is 32.2. The number of fused-ring (bicyclic) bond motifs is 1. The van der Waals surface area contributed by atoms with Gasteiger partial charge in [-0.3, -0.25) is 0 Å². The van der Waals surface area contributed by atoms with Gasteiger partial charge in [-0.2, -0.15) is 0 Å². The van der Waals surface area contributed by atoms with Gasteiger partial charge in [-0.25, -0.2) is 0 Å². The first kappa shape index (κ1) is 13.4. The Hall–Kier alpha value is -1.61. The first-order valence-corrected chi connectivity index (χ1v) is 7.86. The maximum Gasteiger partial charge on any atom is 0.132 e. The number of aryl methyl sites for hydroxylation is 1. The van der Waals surface area contributed by atoms with E-state index < -0.39 is 0 Å². The van der Waals surface area contributed by atoms with E-state index in [1.165, 1.54) is 22.6 Å². The van der Waals surface area contributed by atoms with Crippen LogP contribution in [0.1, 0.15) is 12.0 Å². The van der Waals surface area contributed by atoms with E-state index in [0.717, 1.165) is 18.7 Å². The molecule has 1 heterocycles. The summed E-state index contributed by atoms with van der Waals surface area (Å²) in [5.41, 5.74) is 2.71. The molecular weight excluding hydrogens is 266 g/mol. The summed E-state index contributed by atoms with van der Waals surface area (Å²) in [6.45, 7) is 1.000. The summed E-state index contributed by atoms with van der Waals surface area (Å²) < 4.78 is 5.44. The number of hydrogen-bond donors (Lipinski definition) is 1. The van der Waals surface area contributed by atoms with Crippen molar-refractivity contribution in [3.05, 3.63) is 54.1 Å². The van der Waals surface area contributed by atoms with Crippen LogP contribution < -0.4 is 10.1 Å². The van der Waals surface area contributed by atoms with Crippen molar-refractivity contribution in [2.24, 2.45) is 0 Å². The molecule has 2 nitrogen and oxygen atoms in total. The van der Waals surface area contributed by atoms with Gasteiger partial charge in [0, 0.05) is 22.4 Å². The summed E-state index contributed by atoms with van der Waals surface area (Å²) in [5.74, 6) is 0.972. The predicted octanol–water partition coefficient (Wildman–Crippen LogP) is 4.21. The van der Waals surface area contributed by atoms with E-state index in [9.17, 15) is 0 Å². The second-order valence-corrected chi connectivity index (χ2v) is 6.31. The standard InChI is InChI=1S/C17H19NOS/c1-19-16-8-4-5-9-17(16)20-14-11-10-13-6-2-3-7-15(13)18-12-14/h2-9,14,18H,10-12H2,1H3. The summed E-state index contributed by atoms with van der Waals surface area (Å²) in [7, 11) is 1.74. The van der Waals surface area contributed by atoms with E-state index in [1.807, 2.05) is 23.9 Å². The number of ether oxygens (including phenoxy) is 1. The largest absolute Gasteiger partial charge is 0.496 e. The summed E-state index contributed by atoms with van der Waals surface area (Å²) >= 11 is 1.91. The van der Waals surface area contributed by atoms with Crippen LogP contribution in [-0.4, -0.2) is 18.9 Å². The molecule has 0 fully saturated rings. The minimum absolute atomic E-state index is 0.568. The first-order chi connectivity index (χ1) is 9.86. The molecule has 0 amide bonds. The van der Waals surface area contributed by atoms with E-state index in [-0.39, 0.29) is 0 Å². The maximum atomic E-state index is 5.44. The zero-order valence-corrected chi connectivity index (χ0v) is 12.5. The third-order valence-corrected chi connectivity index (χ3v) is 4.96.